The van der Waals surface area contributed by atoms with Gasteiger partial charge in [-0.15, -0.1) is 0 Å². The number of likely N-dealkylation sites (tertiary alicyclic amines) is 1. The monoisotopic (exact) mass is 196 g/mol. The van der Waals surface area contributed by atoms with Crippen LogP contribution in [-0.2, 0) is 14.4 Å². The molecule has 0 aliphatic carbocycles. The van der Waals surface area contributed by atoms with Crippen molar-refractivity contribution in [2.45, 2.75) is 19.4 Å². The van der Waals surface area contributed by atoms with Crippen molar-refractivity contribution in [3.05, 3.63) is 12.2 Å². The van der Waals surface area contributed by atoms with Crippen molar-refractivity contribution in [2.75, 3.05) is 7.05 Å². The Balaban J connectivity index is 2.60. The normalized spacial score (nSPS) is 22.1. The van der Waals surface area contributed by atoms with Gasteiger partial charge in [-0.25, -0.2) is 0 Å². The van der Waals surface area contributed by atoms with E-state index in [2.05, 4.69) is 5.32 Å². The first kappa shape index (κ1) is 10.4. The summed E-state index contributed by atoms with van der Waals surface area (Å²) in [5.74, 6) is -0.970. The third-order valence-corrected chi connectivity index (χ3v) is 2.02. The number of carbonyl (C=O) groups excluding carboxylic acids is 3. The van der Waals surface area contributed by atoms with Gasteiger partial charge < -0.3 is 5.32 Å². The number of hydrogen-bond donors (Lipinski definition) is 1. The van der Waals surface area contributed by atoms with Crippen molar-refractivity contribution in [3.8, 4) is 0 Å². The molecule has 1 fully saturated rings. The van der Waals surface area contributed by atoms with Gasteiger partial charge in [0.15, 0.2) is 0 Å². The van der Waals surface area contributed by atoms with Gasteiger partial charge in [0.1, 0.15) is 6.04 Å². The molecule has 5 nitrogen and oxygen atoms in total. The van der Waals surface area contributed by atoms with Gasteiger partial charge >= 0.3 is 0 Å². The summed E-state index contributed by atoms with van der Waals surface area (Å²) in [5.41, 5.74) is 0. The highest BCUT2D eigenvalue weighted by Gasteiger charge is 2.36. The molecule has 1 atom stereocenters. The summed E-state index contributed by atoms with van der Waals surface area (Å²) in [4.78, 5) is 34.5. The fourth-order valence-electron chi connectivity index (χ4n) is 1.24. The molecule has 0 radical (unpaired) electrons. The van der Waals surface area contributed by atoms with E-state index < -0.39 is 6.04 Å². The number of amides is 3. The van der Waals surface area contributed by atoms with Crippen LogP contribution in [0.5, 0.6) is 0 Å². The molecular formula is C9H12N2O3. The minimum atomic E-state index is -0.698. The average Bonchev–Trinajstić information content (AvgIpc) is 2.34. The molecule has 3 amide bonds. The number of hydrogen-bond acceptors (Lipinski definition) is 3. The SMILES string of the molecule is C/C=C/C(=O)N[C@H]1CC(=O)N(C)C1=O. The average molecular weight is 196 g/mol. The van der Waals surface area contributed by atoms with Gasteiger partial charge in [-0.05, 0) is 13.0 Å². The topological polar surface area (TPSA) is 66.5 Å². The van der Waals surface area contributed by atoms with Crippen LogP contribution in [0, 0.1) is 0 Å². The van der Waals surface area contributed by atoms with Crippen molar-refractivity contribution in [1.29, 1.82) is 0 Å². The molecule has 0 aromatic heterocycles. The van der Waals surface area contributed by atoms with Crippen LogP contribution >= 0.6 is 0 Å². The first-order valence-electron chi connectivity index (χ1n) is 4.30. The van der Waals surface area contributed by atoms with E-state index in [1.165, 1.54) is 13.1 Å². The highest BCUT2D eigenvalue weighted by atomic mass is 16.2. The summed E-state index contributed by atoms with van der Waals surface area (Å²) in [6, 6.07) is -0.698. The van der Waals surface area contributed by atoms with Crippen LogP contribution in [0.25, 0.3) is 0 Å². The number of likely N-dealkylation sites (N-methyl/N-ethyl adjacent to an activating group) is 1. The van der Waals surface area contributed by atoms with Gasteiger partial charge in [-0.1, -0.05) is 6.08 Å². The molecule has 1 N–H and O–H groups in total. The van der Waals surface area contributed by atoms with Crippen molar-refractivity contribution < 1.29 is 14.4 Å². The molecule has 76 valence electrons. The molecule has 5 heteroatoms. The Morgan fingerprint density at radius 1 is 1.57 bits per heavy atom. The van der Waals surface area contributed by atoms with E-state index in [0.717, 1.165) is 4.90 Å². The Morgan fingerprint density at radius 2 is 2.21 bits per heavy atom. The standard InChI is InChI=1S/C9H12N2O3/c1-3-4-7(12)10-6-5-8(13)11(2)9(6)14/h3-4,6H,5H2,1-2H3,(H,10,12)/b4-3+/t6-/m0/s1. The molecule has 1 saturated heterocycles. The number of nitrogens with zero attached hydrogens (tertiary/aromatic N) is 1. The maximum atomic E-state index is 11.3. The zero-order chi connectivity index (χ0) is 10.7. The van der Waals surface area contributed by atoms with E-state index in [0.29, 0.717) is 0 Å². The lowest BCUT2D eigenvalue weighted by Crippen LogP contribution is -2.39. The quantitative estimate of drug-likeness (QED) is 0.475. The van der Waals surface area contributed by atoms with Crippen LogP contribution in [-0.4, -0.2) is 35.7 Å². The van der Waals surface area contributed by atoms with Crippen LogP contribution in [0.2, 0.25) is 0 Å². The fraction of sp³-hybridized carbons (Fsp3) is 0.444. The molecule has 0 aromatic rings. The molecule has 0 bridgehead atoms. The zero-order valence-corrected chi connectivity index (χ0v) is 8.11. The largest absolute Gasteiger partial charge is 0.340 e. The summed E-state index contributed by atoms with van der Waals surface area (Å²) in [5, 5.41) is 2.45. The Labute approximate surface area is 81.8 Å². The van der Waals surface area contributed by atoms with Gasteiger partial charge in [0.05, 0.1) is 6.42 Å². The van der Waals surface area contributed by atoms with E-state index in [-0.39, 0.29) is 24.1 Å². The first-order valence-corrected chi connectivity index (χ1v) is 4.30. The van der Waals surface area contributed by atoms with Gasteiger partial charge in [0, 0.05) is 7.05 Å². The smallest absolute Gasteiger partial charge is 0.252 e. The molecule has 0 saturated carbocycles. The van der Waals surface area contributed by atoms with Crippen LogP contribution in [0.3, 0.4) is 0 Å². The van der Waals surface area contributed by atoms with E-state index >= 15 is 0 Å². The molecule has 0 spiro atoms. The van der Waals surface area contributed by atoms with Crippen LogP contribution < -0.4 is 5.32 Å². The maximum absolute atomic E-state index is 11.3. The Kier molecular flexibility index (Phi) is 3.01. The van der Waals surface area contributed by atoms with Crippen molar-refractivity contribution in [3.63, 3.8) is 0 Å². The van der Waals surface area contributed by atoms with Crippen molar-refractivity contribution in [2.24, 2.45) is 0 Å². The molecule has 14 heavy (non-hydrogen) atoms. The van der Waals surface area contributed by atoms with E-state index in [4.69, 9.17) is 0 Å². The second kappa shape index (κ2) is 4.04. The van der Waals surface area contributed by atoms with Gasteiger partial charge in [-0.2, -0.15) is 0 Å². The predicted octanol–water partition coefficient (Wildman–Crippen LogP) is -0.564. The third kappa shape index (κ3) is 1.99. The van der Waals surface area contributed by atoms with Gasteiger partial charge in [0.25, 0.3) is 5.91 Å². The van der Waals surface area contributed by atoms with Crippen molar-refractivity contribution >= 4 is 17.7 Å². The lowest BCUT2D eigenvalue weighted by atomic mass is 10.2. The molecule has 0 unspecified atom stereocenters. The number of rotatable bonds is 2. The highest BCUT2D eigenvalue weighted by Crippen LogP contribution is 2.10. The lowest BCUT2D eigenvalue weighted by Gasteiger charge is -2.08. The summed E-state index contributed by atoms with van der Waals surface area (Å²) < 4.78 is 0. The zero-order valence-electron chi connectivity index (χ0n) is 8.11. The summed E-state index contributed by atoms with van der Waals surface area (Å²) in [7, 11) is 1.41. The van der Waals surface area contributed by atoms with Crippen LogP contribution in [0.15, 0.2) is 12.2 Å². The summed E-state index contributed by atoms with van der Waals surface area (Å²) >= 11 is 0. The second-order valence-corrected chi connectivity index (χ2v) is 3.06. The lowest BCUT2D eigenvalue weighted by molar-refractivity contribution is -0.137. The third-order valence-electron chi connectivity index (χ3n) is 2.02. The van der Waals surface area contributed by atoms with Crippen LogP contribution in [0.1, 0.15) is 13.3 Å². The molecule has 1 rings (SSSR count). The second-order valence-electron chi connectivity index (χ2n) is 3.06. The minimum Gasteiger partial charge on any atom is -0.340 e. The molecule has 1 aliphatic heterocycles. The van der Waals surface area contributed by atoms with Crippen molar-refractivity contribution in [1.82, 2.24) is 10.2 Å². The molecule has 1 aliphatic rings. The Bertz CT molecular complexity index is 309. The minimum absolute atomic E-state index is 0.0542. The Morgan fingerprint density at radius 3 is 2.64 bits per heavy atom. The molecule has 0 aromatic carbocycles. The first-order chi connectivity index (χ1) is 6.56. The number of carbonyl (C=O) groups is 3. The highest BCUT2D eigenvalue weighted by molar-refractivity contribution is 6.07. The predicted molar refractivity (Wildman–Crippen MR) is 49.1 cm³/mol. The van der Waals surface area contributed by atoms with Gasteiger partial charge in [0.2, 0.25) is 11.8 Å². The Hall–Kier alpha value is -1.65. The maximum Gasteiger partial charge on any atom is 0.252 e. The molecule has 1 heterocycles. The van der Waals surface area contributed by atoms with E-state index in [1.54, 1.807) is 13.0 Å². The number of imide groups is 1. The van der Waals surface area contributed by atoms with Crippen LogP contribution in [0.4, 0.5) is 0 Å². The summed E-state index contributed by atoms with van der Waals surface area (Å²) in [6.45, 7) is 1.70. The number of allylic oxidation sites excluding steroid dienone is 1. The van der Waals surface area contributed by atoms with E-state index in [9.17, 15) is 14.4 Å². The summed E-state index contributed by atoms with van der Waals surface area (Å²) in [6.07, 6.45) is 2.94. The van der Waals surface area contributed by atoms with E-state index in [1.807, 2.05) is 0 Å². The number of nitrogens with one attached hydrogen (secondary N) is 1. The molecular weight excluding hydrogens is 184 g/mol. The van der Waals surface area contributed by atoms with Gasteiger partial charge in [-0.3, -0.25) is 19.3 Å². The fourth-order valence-corrected chi connectivity index (χ4v) is 1.24.